The molecule has 0 aromatic carbocycles. The lowest BCUT2D eigenvalue weighted by atomic mass is 10.0. The fourth-order valence-corrected chi connectivity index (χ4v) is 2.55. The Balaban J connectivity index is 3.30. The first-order chi connectivity index (χ1) is 9.35. The van der Waals surface area contributed by atoms with Crippen molar-refractivity contribution in [2.24, 2.45) is 0 Å². The second-order valence-electron chi connectivity index (χ2n) is 5.84. The van der Waals surface area contributed by atoms with Crippen LogP contribution in [0.5, 0.6) is 0 Å². The Labute approximate surface area is 120 Å². The molecule has 2 heteroatoms. The first kappa shape index (κ1) is 18.9. The number of unbranched alkanes of at least 4 members (excludes halogenated alkanes) is 10. The Morgan fingerprint density at radius 3 is 1.37 bits per heavy atom. The first-order valence-corrected chi connectivity index (χ1v) is 8.65. The fourth-order valence-electron chi connectivity index (χ4n) is 2.55. The lowest BCUT2D eigenvalue weighted by Crippen LogP contribution is -2.10. The van der Waals surface area contributed by atoms with E-state index >= 15 is 0 Å². The average molecular weight is 272 g/mol. The molecular weight excluding hydrogens is 236 g/mol. The Kier molecular flexibility index (Phi) is 15.9. The fraction of sp³-hybridized carbons (Fsp3) is 1.00. The summed E-state index contributed by atoms with van der Waals surface area (Å²) in [6.45, 7) is 4.49. The summed E-state index contributed by atoms with van der Waals surface area (Å²) in [5, 5.41) is 8.91. The van der Waals surface area contributed by atoms with Crippen molar-refractivity contribution in [2.45, 2.75) is 110 Å². The van der Waals surface area contributed by atoms with E-state index in [1.807, 2.05) is 0 Å². The Hall–Kier alpha value is -0.0800. The van der Waals surface area contributed by atoms with Crippen LogP contribution in [0.3, 0.4) is 0 Å². The smallest absolute Gasteiger partial charge is 0.0927 e. The highest BCUT2D eigenvalue weighted by molar-refractivity contribution is 4.58. The van der Waals surface area contributed by atoms with Crippen LogP contribution in [0, 0.1) is 0 Å². The van der Waals surface area contributed by atoms with Crippen LogP contribution in [0.2, 0.25) is 0 Å². The summed E-state index contributed by atoms with van der Waals surface area (Å²) in [5.41, 5.74) is 0. The van der Waals surface area contributed by atoms with Gasteiger partial charge in [0, 0.05) is 0 Å². The lowest BCUT2D eigenvalue weighted by molar-refractivity contribution is -0.281. The molecule has 0 radical (unpaired) electrons. The summed E-state index contributed by atoms with van der Waals surface area (Å²) in [5.74, 6) is 0. The summed E-state index contributed by atoms with van der Waals surface area (Å²) in [7, 11) is 0. The van der Waals surface area contributed by atoms with Gasteiger partial charge >= 0.3 is 0 Å². The van der Waals surface area contributed by atoms with Gasteiger partial charge in [0.25, 0.3) is 0 Å². The van der Waals surface area contributed by atoms with Gasteiger partial charge < -0.3 is 0 Å². The van der Waals surface area contributed by atoms with Gasteiger partial charge in [0.1, 0.15) is 0 Å². The average Bonchev–Trinajstić information content (AvgIpc) is 2.44. The van der Waals surface area contributed by atoms with Crippen LogP contribution in [0.1, 0.15) is 104 Å². The molecule has 0 saturated heterocycles. The van der Waals surface area contributed by atoms with Crippen molar-refractivity contribution in [3.05, 3.63) is 0 Å². The highest BCUT2D eigenvalue weighted by Crippen LogP contribution is 2.15. The SMILES string of the molecule is CCCCCCCCC(CCCCCCCC)OO. The third-order valence-electron chi connectivity index (χ3n) is 3.91. The van der Waals surface area contributed by atoms with E-state index in [0.717, 1.165) is 12.8 Å². The largest absolute Gasteiger partial charge is 0.252 e. The van der Waals surface area contributed by atoms with Gasteiger partial charge in [-0.1, -0.05) is 90.9 Å². The predicted molar refractivity (Wildman–Crippen MR) is 83.5 cm³/mol. The standard InChI is InChI=1S/C17H36O2/c1-3-5-7-9-11-13-15-17(19-18)16-14-12-10-8-6-4-2/h17-18H,3-16H2,1-2H3. The Bertz CT molecular complexity index is 143. The van der Waals surface area contributed by atoms with Crippen LogP contribution in [-0.2, 0) is 4.89 Å². The molecule has 0 amide bonds. The van der Waals surface area contributed by atoms with Gasteiger partial charge in [-0.15, -0.1) is 0 Å². The Morgan fingerprint density at radius 2 is 1.00 bits per heavy atom. The summed E-state index contributed by atoms with van der Waals surface area (Å²) in [4.78, 5) is 4.61. The van der Waals surface area contributed by atoms with E-state index in [1.54, 1.807) is 0 Å². The van der Waals surface area contributed by atoms with Crippen molar-refractivity contribution >= 4 is 0 Å². The normalized spacial score (nSPS) is 11.4. The van der Waals surface area contributed by atoms with Crippen LogP contribution < -0.4 is 0 Å². The zero-order chi connectivity index (χ0) is 14.2. The molecule has 0 aromatic heterocycles. The van der Waals surface area contributed by atoms with Gasteiger partial charge in [-0.25, -0.2) is 4.89 Å². The van der Waals surface area contributed by atoms with Crippen molar-refractivity contribution in [3.63, 3.8) is 0 Å². The van der Waals surface area contributed by atoms with E-state index in [2.05, 4.69) is 18.7 Å². The first-order valence-electron chi connectivity index (χ1n) is 8.65. The molecule has 2 nitrogen and oxygen atoms in total. The van der Waals surface area contributed by atoms with Gasteiger partial charge in [-0.05, 0) is 12.8 Å². The molecule has 1 N–H and O–H groups in total. The highest BCUT2D eigenvalue weighted by Gasteiger charge is 2.08. The summed E-state index contributed by atoms with van der Waals surface area (Å²) in [6, 6.07) is 0. The van der Waals surface area contributed by atoms with Crippen LogP contribution in [-0.4, -0.2) is 11.4 Å². The number of hydrogen-bond acceptors (Lipinski definition) is 2. The van der Waals surface area contributed by atoms with Gasteiger partial charge in [-0.3, -0.25) is 5.26 Å². The molecule has 0 fully saturated rings. The van der Waals surface area contributed by atoms with Gasteiger partial charge in [-0.2, -0.15) is 0 Å². The van der Waals surface area contributed by atoms with Gasteiger partial charge in [0.05, 0.1) is 6.10 Å². The van der Waals surface area contributed by atoms with Crippen molar-refractivity contribution < 1.29 is 10.1 Å². The molecule has 0 atom stereocenters. The topological polar surface area (TPSA) is 29.5 Å². The van der Waals surface area contributed by atoms with Crippen LogP contribution in [0.15, 0.2) is 0 Å². The predicted octanol–water partition coefficient (Wildman–Crippen LogP) is 6.35. The number of hydrogen-bond donors (Lipinski definition) is 1. The quantitative estimate of drug-likeness (QED) is 0.214. The van der Waals surface area contributed by atoms with Crippen LogP contribution in [0.25, 0.3) is 0 Å². The molecule has 0 aliphatic heterocycles. The molecule has 0 saturated carbocycles. The van der Waals surface area contributed by atoms with Crippen LogP contribution >= 0.6 is 0 Å². The van der Waals surface area contributed by atoms with E-state index in [0.29, 0.717) is 0 Å². The van der Waals surface area contributed by atoms with Crippen molar-refractivity contribution in [1.82, 2.24) is 0 Å². The van der Waals surface area contributed by atoms with Crippen molar-refractivity contribution in [2.75, 3.05) is 0 Å². The van der Waals surface area contributed by atoms with E-state index in [-0.39, 0.29) is 6.10 Å². The molecule has 0 aliphatic carbocycles. The van der Waals surface area contributed by atoms with Crippen molar-refractivity contribution in [1.29, 1.82) is 0 Å². The molecule has 0 aromatic rings. The monoisotopic (exact) mass is 272 g/mol. The second kappa shape index (κ2) is 16.0. The third-order valence-corrected chi connectivity index (χ3v) is 3.91. The summed E-state index contributed by atoms with van der Waals surface area (Å²) >= 11 is 0. The van der Waals surface area contributed by atoms with E-state index in [1.165, 1.54) is 77.0 Å². The van der Waals surface area contributed by atoms with E-state index in [9.17, 15) is 0 Å². The summed E-state index contributed by atoms with van der Waals surface area (Å²) in [6.07, 6.45) is 17.8. The third kappa shape index (κ3) is 14.1. The summed E-state index contributed by atoms with van der Waals surface area (Å²) < 4.78 is 0. The minimum absolute atomic E-state index is 0.0809. The minimum Gasteiger partial charge on any atom is -0.252 e. The molecule has 0 unspecified atom stereocenters. The molecule has 0 aliphatic rings. The van der Waals surface area contributed by atoms with Gasteiger partial charge in [0.15, 0.2) is 0 Å². The lowest BCUT2D eigenvalue weighted by Gasteiger charge is -2.13. The second-order valence-corrected chi connectivity index (χ2v) is 5.84. The maximum atomic E-state index is 8.91. The highest BCUT2D eigenvalue weighted by atomic mass is 17.1. The maximum Gasteiger partial charge on any atom is 0.0927 e. The molecule has 0 bridgehead atoms. The Morgan fingerprint density at radius 1 is 0.632 bits per heavy atom. The maximum absolute atomic E-state index is 8.91. The van der Waals surface area contributed by atoms with E-state index in [4.69, 9.17) is 5.26 Å². The number of rotatable bonds is 15. The minimum atomic E-state index is 0.0809. The van der Waals surface area contributed by atoms with Crippen LogP contribution in [0.4, 0.5) is 0 Å². The molecule has 0 spiro atoms. The molecular formula is C17H36O2. The molecule has 0 heterocycles. The van der Waals surface area contributed by atoms with Gasteiger partial charge in [0.2, 0.25) is 0 Å². The van der Waals surface area contributed by atoms with E-state index < -0.39 is 0 Å². The molecule has 0 rings (SSSR count). The molecule has 19 heavy (non-hydrogen) atoms. The zero-order valence-electron chi connectivity index (χ0n) is 13.3. The van der Waals surface area contributed by atoms with Crippen molar-refractivity contribution in [3.8, 4) is 0 Å². The zero-order valence-corrected chi connectivity index (χ0v) is 13.3. The molecule has 116 valence electrons.